The fourth-order valence-electron chi connectivity index (χ4n) is 2.97. The molecule has 0 saturated carbocycles. The highest BCUT2D eigenvalue weighted by Gasteiger charge is 2.23. The minimum atomic E-state index is -0.523. The Balaban J connectivity index is 1.94. The van der Waals surface area contributed by atoms with Crippen LogP contribution in [-0.4, -0.2) is 51.7 Å². The molecule has 1 aromatic heterocycles. The topological polar surface area (TPSA) is 104 Å². The number of phenols is 1. The lowest BCUT2D eigenvalue weighted by Gasteiger charge is -2.24. The molecule has 2 amide bonds. The molecular weight excluding hydrogens is 432 g/mol. The second-order valence-corrected chi connectivity index (χ2v) is 7.60. The van der Waals surface area contributed by atoms with Crippen LogP contribution in [0, 0.1) is 0 Å². The van der Waals surface area contributed by atoms with Crippen LogP contribution in [0.3, 0.4) is 0 Å². The number of Topliss-reactive ketones (excluding diaryl/α,β-unsaturated/α-hetero) is 1. The van der Waals surface area contributed by atoms with Crippen molar-refractivity contribution in [1.82, 2.24) is 14.9 Å². The molecule has 1 N–H and O–H groups in total. The van der Waals surface area contributed by atoms with Gasteiger partial charge in [-0.05, 0) is 42.0 Å². The Hall–Kier alpha value is -3.78. The van der Waals surface area contributed by atoms with E-state index >= 15 is 0 Å². The van der Waals surface area contributed by atoms with E-state index < -0.39 is 18.1 Å². The van der Waals surface area contributed by atoms with E-state index in [1.807, 2.05) is 0 Å². The first-order valence-corrected chi connectivity index (χ1v) is 10.0. The molecule has 0 bridgehead atoms. The standard InChI is InChI=1S/C23H21ClN4O4/c1-27(2)23(32)16-5-3-6-17(12-16)28(14-15-7-8-19(29)18(24)11-15)21(31)13-20(30)22-25-9-4-10-26-22/h3-12,29H,13-14H2,1-2H3. The van der Waals surface area contributed by atoms with Gasteiger partial charge in [0.05, 0.1) is 18.0 Å². The third-order valence-corrected chi connectivity index (χ3v) is 4.89. The Morgan fingerprint density at radius 3 is 2.38 bits per heavy atom. The maximum absolute atomic E-state index is 13.2. The van der Waals surface area contributed by atoms with Crippen LogP contribution in [0.25, 0.3) is 0 Å². The number of aromatic hydroxyl groups is 1. The summed E-state index contributed by atoms with van der Waals surface area (Å²) in [6.45, 7) is 0.0708. The Kier molecular flexibility index (Phi) is 7.17. The van der Waals surface area contributed by atoms with Gasteiger partial charge in [0.15, 0.2) is 5.82 Å². The van der Waals surface area contributed by atoms with Crippen LogP contribution in [0.15, 0.2) is 60.9 Å². The zero-order chi connectivity index (χ0) is 23.3. The van der Waals surface area contributed by atoms with E-state index in [0.29, 0.717) is 16.8 Å². The van der Waals surface area contributed by atoms with Gasteiger partial charge < -0.3 is 14.9 Å². The number of rotatable bonds is 7. The van der Waals surface area contributed by atoms with E-state index in [-0.39, 0.29) is 29.0 Å². The van der Waals surface area contributed by atoms with Gasteiger partial charge in [0, 0.05) is 37.7 Å². The molecular formula is C23H21ClN4O4. The second kappa shape index (κ2) is 10.0. The first-order chi connectivity index (χ1) is 15.3. The molecule has 0 aliphatic carbocycles. The highest BCUT2D eigenvalue weighted by molar-refractivity contribution is 6.32. The smallest absolute Gasteiger partial charge is 0.253 e. The monoisotopic (exact) mass is 452 g/mol. The van der Waals surface area contributed by atoms with Crippen LogP contribution in [0.2, 0.25) is 5.02 Å². The van der Waals surface area contributed by atoms with Crippen LogP contribution in [-0.2, 0) is 11.3 Å². The van der Waals surface area contributed by atoms with Crippen molar-refractivity contribution < 1.29 is 19.5 Å². The molecule has 32 heavy (non-hydrogen) atoms. The van der Waals surface area contributed by atoms with E-state index in [1.54, 1.807) is 50.5 Å². The number of halogens is 1. The molecule has 0 fully saturated rings. The number of carbonyl (C=O) groups excluding carboxylic acids is 3. The second-order valence-electron chi connectivity index (χ2n) is 7.19. The number of hydrogen-bond acceptors (Lipinski definition) is 6. The third-order valence-electron chi connectivity index (χ3n) is 4.59. The lowest BCUT2D eigenvalue weighted by atomic mass is 10.1. The molecule has 0 unspecified atom stereocenters. The zero-order valence-corrected chi connectivity index (χ0v) is 18.3. The van der Waals surface area contributed by atoms with Crippen molar-refractivity contribution in [2.45, 2.75) is 13.0 Å². The third kappa shape index (κ3) is 5.47. The number of nitrogens with zero attached hydrogens (tertiary/aromatic N) is 4. The molecule has 3 rings (SSSR count). The number of ketones is 1. The van der Waals surface area contributed by atoms with Crippen LogP contribution < -0.4 is 4.90 Å². The van der Waals surface area contributed by atoms with Crippen molar-refractivity contribution in [1.29, 1.82) is 0 Å². The summed E-state index contributed by atoms with van der Waals surface area (Å²) >= 11 is 6.01. The van der Waals surface area contributed by atoms with Crippen LogP contribution in [0.1, 0.15) is 33.0 Å². The van der Waals surface area contributed by atoms with E-state index in [2.05, 4.69) is 9.97 Å². The zero-order valence-electron chi connectivity index (χ0n) is 17.5. The first kappa shape index (κ1) is 22.9. The SMILES string of the molecule is CN(C)C(=O)c1cccc(N(Cc2ccc(O)c(Cl)c2)C(=O)CC(=O)c2ncccn2)c1. The molecule has 0 spiro atoms. The number of anilines is 1. The molecule has 0 aliphatic rings. The lowest BCUT2D eigenvalue weighted by Crippen LogP contribution is -2.32. The minimum Gasteiger partial charge on any atom is -0.506 e. The molecule has 9 heteroatoms. The van der Waals surface area contributed by atoms with Crippen molar-refractivity contribution >= 4 is 34.9 Å². The summed E-state index contributed by atoms with van der Waals surface area (Å²) in [6, 6.07) is 12.7. The molecule has 0 aliphatic heterocycles. The van der Waals surface area contributed by atoms with Gasteiger partial charge >= 0.3 is 0 Å². The Labute approximate surface area is 190 Å². The fraction of sp³-hybridized carbons (Fsp3) is 0.174. The molecule has 8 nitrogen and oxygen atoms in total. The van der Waals surface area contributed by atoms with Gasteiger partial charge in [0.1, 0.15) is 5.75 Å². The van der Waals surface area contributed by atoms with Crippen LogP contribution in [0.5, 0.6) is 5.75 Å². The van der Waals surface area contributed by atoms with Gasteiger partial charge in [-0.3, -0.25) is 14.4 Å². The van der Waals surface area contributed by atoms with E-state index in [4.69, 9.17) is 11.6 Å². The molecule has 0 atom stereocenters. The molecule has 0 radical (unpaired) electrons. The Morgan fingerprint density at radius 2 is 1.72 bits per heavy atom. The van der Waals surface area contributed by atoms with Crippen molar-refractivity contribution in [3.63, 3.8) is 0 Å². The van der Waals surface area contributed by atoms with E-state index in [9.17, 15) is 19.5 Å². The average Bonchev–Trinajstić information content (AvgIpc) is 2.79. The van der Waals surface area contributed by atoms with Gasteiger partial charge in [-0.2, -0.15) is 0 Å². The van der Waals surface area contributed by atoms with E-state index in [0.717, 1.165) is 0 Å². The summed E-state index contributed by atoms with van der Waals surface area (Å²) < 4.78 is 0. The fourth-order valence-corrected chi connectivity index (χ4v) is 3.18. The van der Waals surface area contributed by atoms with Crippen molar-refractivity contribution in [3.8, 4) is 5.75 Å². The van der Waals surface area contributed by atoms with Gasteiger partial charge in [-0.1, -0.05) is 23.7 Å². The van der Waals surface area contributed by atoms with Crippen molar-refractivity contribution in [2.75, 3.05) is 19.0 Å². The lowest BCUT2D eigenvalue weighted by molar-refractivity contribution is -0.117. The summed E-state index contributed by atoms with van der Waals surface area (Å²) in [5.74, 6) is -1.38. The molecule has 3 aromatic rings. The molecule has 0 saturated heterocycles. The number of carbonyl (C=O) groups is 3. The maximum Gasteiger partial charge on any atom is 0.253 e. The molecule has 1 heterocycles. The summed E-state index contributed by atoms with van der Waals surface area (Å²) in [4.78, 5) is 48.7. The predicted molar refractivity (Wildman–Crippen MR) is 120 cm³/mol. The normalized spacial score (nSPS) is 10.5. The van der Waals surface area contributed by atoms with Crippen molar-refractivity contribution in [3.05, 3.63) is 82.9 Å². The van der Waals surface area contributed by atoms with E-state index in [1.165, 1.54) is 34.3 Å². The largest absolute Gasteiger partial charge is 0.506 e. The summed E-state index contributed by atoms with van der Waals surface area (Å²) in [7, 11) is 3.27. The maximum atomic E-state index is 13.2. The summed E-state index contributed by atoms with van der Waals surface area (Å²) in [5.41, 5.74) is 1.47. The van der Waals surface area contributed by atoms with Gasteiger partial charge in [0.2, 0.25) is 11.7 Å². The highest BCUT2D eigenvalue weighted by atomic mass is 35.5. The van der Waals surface area contributed by atoms with Crippen LogP contribution >= 0.6 is 11.6 Å². The summed E-state index contributed by atoms with van der Waals surface area (Å²) in [6.07, 6.45) is 2.40. The quantitative estimate of drug-likeness (QED) is 0.435. The van der Waals surface area contributed by atoms with Gasteiger partial charge in [-0.15, -0.1) is 0 Å². The number of amides is 2. The number of hydrogen-bond donors (Lipinski definition) is 1. The predicted octanol–water partition coefficient (Wildman–Crippen LogP) is 3.34. The van der Waals surface area contributed by atoms with Gasteiger partial charge in [0.25, 0.3) is 5.91 Å². The Morgan fingerprint density at radius 1 is 1.00 bits per heavy atom. The number of phenolic OH excluding ortho intramolecular Hbond substituents is 1. The highest BCUT2D eigenvalue weighted by Crippen LogP contribution is 2.26. The Bertz CT molecular complexity index is 1150. The first-order valence-electron chi connectivity index (χ1n) is 9.66. The van der Waals surface area contributed by atoms with Crippen molar-refractivity contribution in [2.24, 2.45) is 0 Å². The molecule has 2 aromatic carbocycles. The summed E-state index contributed by atoms with van der Waals surface area (Å²) in [5, 5.41) is 9.82. The minimum absolute atomic E-state index is 0.0509. The number of aromatic nitrogens is 2. The van der Waals surface area contributed by atoms with Crippen LogP contribution in [0.4, 0.5) is 5.69 Å². The van der Waals surface area contributed by atoms with Gasteiger partial charge in [-0.25, -0.2) is 9.97 Å². The average molecular weight is 453 g/mol. The number of benzene rings is 2. The molecule has 164 valence electrons.